The number of carbonyl (C=O) groups is 1. The third-order valence-corrected chi connectivity index (χ3v) is 4.44. The van der Waals surface area contributed by atoms with E-state index in [0.717, 1.165) is 17.0 Å². The molecule has 1 aromatic carbocycles. The number of nitrogens with zero attached hydrogens (tertiary/aromatic N) is 2. The lowest BCUT2D eigenvalue weighted by Crippen LogP contribution is -2.14. The van der Waals surface area contributed by atoms with Crippen LogP contribution in [0, 0.1) is 6.92 Å². The summed E-state index contributed by atoms with van der Waals surface area (Å²) in [5.41, 5.74) is 1.21. The molecule has 2 aromatic heterocycles. The van der Waals surface area contributed by atoms with Crippen LogP contribution in [0.5, 0.6) is 5.75 Å². The molecule has 3 aromatic rings. The van der Waals surface area contributed by atoms with Gasteiger partial charge in [0.2, 0.25) is 5.91 Å². The van der Waals surface area contributed by atoms with Gasteiger partial charge in [0.1, 0.15) is 12.4 Å². The second-order valence-corrected chi connectivity index (χ2v) is 6.90. The zero-order valence-electron chi connectivity index (χ0n) is 14.1. The first-order valence-corrected chi connectivity index (χ1v) is 8.88. The number of aryl methyl sites for hydroxylation is 1. The van der Waals surface area contributed by atoms with E-state index in [1.54, 1.807) is 30.5 Å². The number of aromatic nitrogens is 2. The number of benzene rings is 1. The quantitative estimate of drug-likeness (QED) is 0.734. The van der Waals surface area contributed by atoms with E-state index in [1.807, 2.05) is 13.8 Å². The van der Waals surface area contributed by atoms with Gasteiger partial charge in [-0.05, 0) is 37.6 Å². The topological polar surface area (TPSA) is 72.7 Å². The number of rotatable bonds is 6. The highest BCUT2D eigenvalue weighted by Gasteiger charge is 2.06. The molecule has 0 aliphatic rings. The van der Waals surface area contributed by atoms with Crippen molar-refractivity contribution in [2.24, 2.45) is 0 Å². The van der Waals surface area contributed by atoms with Crippen molar-refractivity contribution < 1.29 is 9.53 Å². The first-order chi connectivity index (χ1) is 12.0. The maximum atomic E-state index is 12.1. The molecule has 0 unspecified atom stereocenters. The summed E-state index contributed by atoms with van der Waals surface area (Å²) in [7, 11) is 0. The van der Waals surface area contributed by atoms with E-state index >= 15 is 0 Å². The van der Waals surface area contributed by atoms with Gasteiger partial charge in [-0.1, -0.05) is 6.92 Å². The van der Waals surface area contributed by atoms with Crippen LogP contribution in [0.3, 0.4) is 0 Å². The monoisotopic (exact) mass is 357 g/mol. The van der Waals surface area contributed by atoms with Gasteiger partial charge in [0.15, 0.2) is 4.96 Å². The number of amides is 1. The Balaban J connectivity index is 1.65. The van der Waals surface area contributed by atoms with Crippen molar-refractivity contribution >= 4 is 27.9 Å². The van der Waals surface area contributed by atoms with Gasteiger partial charge < -0.3 is 10.1 Å². The fourth-order valence-electron chi connectivity index (χ4n) is 2.37. The SMILES string of the molecule is CCCC(=O)Nc1ccc(OCc2cc(=O)n3cc(C)sc3n2)cc1. The molecule has 0 atom stereocenters. The number of thiazole rings is 1. The molecule has 7 heteroatoms. The second kappa shape index (κ2) is 7.48. The largest absolute Gasteiger partial charge is 0.487 e. The number of hydrogen-bond acceptors (Lipinski definition) is 5. The molecule has 0 radical (unpaired) electrons. The molecule has 0 aliphatic heterocycles. The molecule has 3 rings (SSSR count). The average molecular weight is 357 g/mol. The molecule has 130 valence electrons. The predicted molar refractivity (Wildman–Crippen MR) is 98.4 cm³/mol. The van der Waals surface area contributed by atoms with Crippen LogP contribution in [0.2, 0.25) is 0 Å². The highest BCUT2D eigenvalue weighted by molar-refractivity contribution is 7.16. The van der Waals surface area contributed by atoms with E-state index in [9.17, 15) is 9.59 Å². The second-order valence-electron chi connectivity index (χ2n) is 5.69. The molecular weight excluding hydrogens is 338 g/mol. The summed E-state index contributed by atoms with van der Waals surface area (Å²) < 4.78 is 7.23. The number of anilines is 1. The standard InChI is InChI=1S/C18H19N3O3S/c1-3-4-16(22)19-13-5-7-15(8-6-13)24-11-14-9-17(23)21-10-12(2)25-18(21)20-14/h5-10H,3-4,11H2,1-2H3,(H,19,22). The fourth-order valence-corrected chi connectivity index (χ4v) is 3.22. The zero-order chi connectivity index (χ0) is 17.8. The smallest absolute Gasteiger partial charge is 0.258 e. The highest BCUT2D eigenvalue weighted by atomic mass is 32.1. The highest BCUT2D eigenvalue weighted by Crippen LogP contribution is 2.18. The van der Waals surface area contributed by atoms with E-state index in [2.05, 4.69) is 10.3 Å². The first-order valence-electron chi connectivity index (χ1n) is 8.06. The average Bonchev–Trinajstić information content (AvgIpc) is 2.95. The van der Waals surface area contributed by atoms with Crippen LogP contribution in [-0.4, -0.2) is 15.3 Å². The van der Waals surface area contributed by atoms with Gasteiger partial charge in [-0.2, -0.15) is 0 Å². The van der Waals surface area contributed by atoms with Crippen LogP contribution >= 0.6 is 11.3 Å². The van der Waals surface area contributed by atoms with Gasteiger partial charge in [0.05, 0.1) is 5.69 Å². The molecule has 0 fully saturated rings. The first kappa shape index (κ1) is 17.2. The zero-order valence-corrected chi connectivity index (χ0v) is 14.9. The summed E-state index contributed by atoms with van der Waals surface area (Å²) in [5.74, 6) is 0.651. The van der Waals surface area contributed by atoms with Gasteiger partial charge in [-0.3, -0.25) is 14.0 Å². The third-order valence-electron chi connectivity index (χ3n) is 3.54. The van der Waals surface area contributed by atoms with Crippen LogP contribution in [-0.2, 0) is 11.4 Å². The predicted octanol–water partition coefficient (Wildman–Crippen LogP) is 3.38. The van der Waals surface area contributed by atoms with Crippen LogP contribution < -0.4 is 15.6 Å². The summed E-state index contributed by atoms with van der Waals surface area (Å²) >= 11 is 1.47. The molecule has 0 spiro atoms. The van der Waals surface area contributed by atoms with Crippen molar-refractivity contribution in [3.8, 4) is 5.75 Å². The molecule has 0 bridgehead atoms. The molecule has 25 heavy (non-hydrogen) atoms. The maximum absolute atomic E-state index is 12.1. The molecule has 1 amide bonds. The number of carbonyl (C=O) groups excluding carboxylic acids is 1. The van der Waals surface area contributed by atoms with Crippen molar-refractivity contribution in [3.05, 3.63) is 57.5 Å². The molecule has 1 N–H and O–H groups in total. The lowest BCUT2D eigenvalue weighted by Gasteiger charge is -2.08. The molecule has 2 heterocycles. The Morgan fingerprint density at radius 2 is 2.08 bits per heavy atom. The van der Waals surface area contributed by atoms with Crippen molar-refractivity contribution in [3.63, 3.8) is 0 Å². The van der Waals surface area contributed by atoms with Gasteiger partial charge in [0, 0.05) is 29.2 Å². The fraction of sp³-hybridized carbons (Fsp3) is 0.278. The van der Waals surface area contributed by atoms with E-state index < -0.39 is 0 Å². The molecular formula is C18H19N3O3S. The third kappa shape index (κ3) is 4.24. The van der Waals surface area contributed by atoms with Gasteiger partial charge in [-0.25, -0.2) is 4.98 Å². The lowest BCUT2D eigenvalue weighted by atomic mass is 10.2. The number of hydrogen-bond donors (Lipinski definition) is 1. The Hall–Kier alpha value is -2.67. The summed E-state index contributed by atoms with van der Waals surface area (Å²) in [6.07, 6.45) is 3.10. The number of nitrogens with one attached hydrogen (secondary N) is 1. The number of fused-ring (bicyclic) bond motifs is 1. The van der Waals surface area contributed by atoms with Crippen molar-refractivity contribution in [1.29, 1.82) is 0 Å². The summed E-state index contributed by atoms with van der Waals surface area (Å²) in [6, 6.07) is 8.62. The van der Waals surface area contributed by atoms with Crippen LogP contribution in [0.15, 0.2) is 41.3 Å². The molecule has 0 saturated heterocycles. The Labute approximate surface area is 149 Å². The molecule has 0 saturated carbocycles. The van der Waals surface area contributed by atoms with Crippen molar-refractivity contribution in [2.75, 3.05) is 5.32 Å². The van der Waals surface area contributed by atoms with Crippen LogP contribution in [0.4, 0.5) is 5.69 Å². The van der Waals surface area contributed by atoms with Gasteiger partial charge in [-0.15, -0.1) is 11.3 Å². The van der Waals surface area contributed by atoms with E-state index in [-0.39, 0.29) is 18.1 Å². The van der Waals surface area contributed by atoms with Crippen LogP contribution in [0.25, 0.3) is 4.96 Å². The van der Waals surface area contributed by atoms with Crippen molar-refractivity contribution in [1.82, 2.24) is 9.38 Å². The molecule has 6 nitrogen and oxygen atoms in total. The van der Waals surface area contributed by atoms with E-state index in [1.165, 1.54) is 21.8 Å². The Morgan fingerprint density at radius 1 is 1.32 bits per heavy atom. The Kier molecular flexibility index (Phi) is 5.14. The molecule has 0 aliphatic carbocycles. The van der Waals surface area contributed by atoms with Gasteiger partial charge >= 0.3 is 0 Å². The Morgan fingerprint density at radius 3 is 2.80 bits per heavy atom. The Bertz CT molecular complexity index is 944. The number of ether oxygens (including phenoxy) is 1. The minimum atomic E-state index is -0.109. The summed E-state index contributed by atoms with van der Waals surface area (Å²) in [5, 5.41) is 2.82. The maximum Gasteiger partial charge on any atom is 0.258 e. The minimum Gasteiger partial charge on any atom is -0.487 e. The van der Waals surface area contributed by atoms with Crippen molar-refractivity contribution in [2.45, 2.75) is 33.3 Å². The lowest BCUT2D eigenvalue weighted by molar-refractivity contribution is -0.116. The normalized spacial score (nSPS) is 10.8. The van der Waals surface area contributed by atoms with Crippen LogP contribution in [0.1, 0.15) is 30.3 Å². The van der Waals surface area contributed by atoms with Gasteiger partial charge in [0.25, 0.3) is 5.56 Å². The van der Waals surface area contributed by atoms with E-state index in [4.69, 9.17) is 4.74 Å². The van der Waals surface area contributed by atoms with E-state index in [0.29, 0.717) is 22.8 Å². The summed E-state index contributed by atoms with van der Waals surface area (Å²) in [6.45, 7) is 4.12. The summed E-state index contributed by atoms with van der Waals surface area (Å²) in [4.78, 5) is 29.8. The minimum absolute atomic E-state index is 0.000359.